The van der Waals surface area contributed by atoms with Gasteiger partial charge in [0.2, 0.25) is 6.79 Å². The van der Waals surface area contributed by atoms with Gasteiger partial charge in [0.15, 0.2) is 11.5 Å². The summed E-state index contributed by atoms with van der Waals surface area (Å²) in [6, 6.07) is 19.4. The first-order chi connectivity index (χ1) is 14.6. The minimum atomic E-state index is -0.240. The summed E-state index contributed by atoms with van der Waals surface area (Å²) >= 11 is 7.01. The highest BCUT2D eigenvalue weighted by Crippen LogP contribution is 2.38. The lowest BCUT2D eigenvalue weighted by molar-refractivity contribution is 0.174. The molecule has 30 heavy (non-hydrogen) atoms. The molecule has 0 amide bonds. The molecule has 0 unspecified atom stereocenters. The van der Waals surface area contributed by atoms with Crippen LogP contribution in [0.25, 0.3) is 0 Å². The number of fused-ring (bicyclic) bond motifs is 1. The molecule has 3 aromatic carbocycles. The Kier molecular flexibility index (Phi) is 5.26. The number of rotatable bonds is 3. The Hall–Kier alpha value is -2.35. The third kappa shape index (κ3) is 3.85. The van der Waals surface area contributed by atoms with Gasteiger partial charge in [-0.3, -0.25) is 10.3 Å². The normalized spacial score (nSPS) is 20.1. The van der Waals surface area contributed by atoms with Gasteiger partial charge in [0.1, 0.15) is 11.9 Å². The summed E-state index contributed by atoms with van der Waals surface area (Å²) in [6.07, 6.45) is 0.395. The van der Waals surface area contributed by atoms with Crippen molar-refractivity contribution in [3.63, 3.8) is 0 Å². The van der Waals surface area contributed by atoms with Gasteiger partial charge in [-0.2, -0.15) is 0 Å². The van der Waals surface area contributed by atoms with Gasteiger partial charge in [0, 0.05) is 32.7 Å². The number of nitrogens with one attached hydrogen (secondary N) is 1. The maximum Gasteiger partial charge on any atom is 0.231 e. The van der Waals surface area contributed by atoms with Crippen molar-refractivity contribution in [2.45, 2.75) is 18.6 Å². The summed E-state index contributed by atoms with van der Waals surface area (Å²) in [5, 5.41) is 14.1. The zero-order chi connectivity index (χ0) is 20.7. The van der Waals surface area contributed by atoms with Crippen LogP contribution in [0.1, 0.15) is 35.3 Å². The van der Waals surface area contributed by atoms with Crippen LogP contribution in [0, 0.1) is 0 Å². The molecule has 152 valence electrons. The van der Waals surface area contributed by atoms with Crippen molar-refractivity contribution in [1.29, 1.82) is 0 Å². The Labute approximate surface area is 191 Å². The number of hydrogen-bond acceptors (Lipinski definition) is 5. The van der Waals surface area contributed by atoms with Crippen molar-refractivity contribution in [3.8, 4) is 17.2 Å². The van der Waals surface area contributed by atoms with E-state index in [2.05, 4.69) is 37.2 Å². The summed E-state index contributed by atoms with van der Waals surface area (Å²) in [7, 11) is 0. The Bertz CT molecular complexity index is 1130. The van der Waals surface area contributed by atoms with Gasteiger partial charge < -0.3 is 14.6 Å². The van der Waals surface area contributed by atoms with Gasteiger partial charge in [-0.15, -0.1) is 0 Å². The molecule has 0 radical (unpaired) electrons. The van der Waals surface area contributed by atoms with Gasteiger partial charge in [0.25, 0.3) is 0 Å². The van der Waals surface area contributed by atoms with Crippen molar-refractivity contribution in [3.05, 3.63) is 86.3 Å². The summed E-state index contributed by atoms with van der Waals surface area (Å²) in [4.78, 5) is 5.01. The van der Waals surface area contributed by atoms with E-state index in [0.29, 0.717) is 6.42 Å². The van der Waals surface area contributed by atoms with E-state index in [-0.39, 0.29) is 24.8 Å². The Morgan fingerprint density at radius 3 is 2.50 bits per heavy atom. The summed E-state index contributed by atoms with van der Waals surface area (Å²) in [5.41, 5.74) is 3.82. The van der Waals surface area contributed by atoms with E-state index in [1.165, 1.54) is 0 Å². The largest absolute Gasteiger partial charge is 0.508 e. The number of aliphatic imine (C=N–C) groups is 1. The lowest BCUT2D eigenvalue weighted by atomic mass is 9.93. The monoisotopic (exact) mass is 528 g/mol. The van der Waals surface area contributed by atoms with Crippen molar-refractivity contribution in [1.82, 2.24) is 5.32 Å². The second-order valence-electron chi connectivity index (χ2n) is 7.22. The quantitative estimate of drug-likeness (QED) is 0.445. The average molecular weight is 530 g/mol. The second kappa shape index (κ2) is 8.06. The van der Waals surface area contributed by atoms with E-state index in [4.69, 9.17) is 14.5 Å². The van der Waals surface area contributed by atoms with Crippen molar-refractivity contribution >= 4 is 37.6 Å². The topological polar surface area (TPSA) is 63.1 Å². The van der Waals surface area contributed by atoms with E-state index in [1.807, 2.05) is 54.6 Å². The molecule has 2 atom stereocenters. The standard InChI is InChI=1S/C23H18Br2N2O3/c24-15-4-1-13(2-5-15)23-26-18(14-3-8-21-22(9-14)30-12-29-21)11-19(27-23)17-10-16(25)6-7-20(17)28/h1-10,19,23,27-28H,11-12H2/t19-,23+/m0/s1. The number of phenolic OH excluding ortho intramolecular Hbond substituents is 1. The molecule has 0 saturated carbocycles. The molecule has 0 saturated heterocycles. The Morgan fingerprint density at radius 1 is 0.900 bits per heavy atom. The van der Waals surface area contributed by atoms with Crippen LogP contribution in [-0.4, -0.2) is 17.6 Å². The van der Waals surface area contributed by atoms with Crippen LogP contribution >= 0.6 is 31.9 Å². The molecule has 2 aliphatic rings. The SMILES string of the molecule is Oc1ccc(Br)cc1[C@@H]1CC(c2ccc3c(c2)OCO3)=N[C@@H](c2ccc(Br)cc2)N1. The molecule has 3 aromatic rings. The van der Waals surface area contributed by atoms with E-state index in [9.17, 15) is 5.11 Å². The molecule has 2 aliphatic heterocycles. The van der Waals surface area contributed by atoms with Gasteiger partial charge in [0.05, 0.1) is 0 Å². The van der Waals surface area contributed by atoms with E-state index < -0.39 is 0 Å². The first kappa shape index (κ1) is 19.6. The molecule has 0 bridgehead atoms. The zero-order valence-electron chi connectivity index (χ0n) is 15.8. The zero-order valence-corrected chi connectivity index (χ0v) is 19.0. The van der Waals surface area contributed by atoms with Crippen LogP contribution in [0.3, 0.4) is 0 Å². The molecule has 0 aliphatic carbocycles. The highest BCUT2D eigenvalue weighted by Gasteiger charge is 2.28. The molecule has 7 heteroatoms. The Balaban J connectivity index is 1.56. The summed E-state index contributed by atoms with van der Waals surface area (Å²) in [6.45, 7) is 0.239. The number of ether oxygens (including phenoxy) is 2. The van der Waals surface area contributed by atoms with Gasteiger partial charge >= 0.3 is 0 Å². The number of phenols is 1. The molecule has 0 spiro atoms. The minimum absolute atomic E-state index is 0.103. The smallest absolute Gasteiger partial charge is 0.231 e. The summed E-state index contributed by atoms with van der Waals surface area (Å²) in [5.74, 6) is 1.74. The fourth-order valence-electron chi connectivity index (χ4n) is 3.78. The Morgan fingerprint density at radius 2 is 1.67 bits per heavy atom. The molecular weight excluding hydrogens is 512 g/mol. The van der Waals surface area contributed by atoms with E-state index in [0.717, 1.165) is 42.8 Å². The first-order valence-electron chi connectivity index (χ1n) is 9.53. The maximum absolute atomic E-state index is 10.5. The highest BCUT2D eigenvalue weighted by atomic mass is 79.9. The van der Waals surface area contributed by atoms with Crippen LogP contribution in [-0.2, 0) is 0 Å². The molecule has 5 nitrogen and oxygen atoms in total. The molecule has 2 heterocycles. The fourth-order valence-corrected chi connectivity index (χ4v) is 4.42. The molecule has 5 rings (SSSR count). The van der Waals surface area contributed by atoms with Gasteiger partial charge in [-0.05, 0) is 59.7 Å². The highest BCUT2D eigenvalue weighted by molar-refractivity contribution is 9.10. The number of halogens is 2. The van der Waals surface area contributed by atoms with E-state index in [1.54, 1.807) is 6.07 Å². The average Bonchev–Trinajstić information content (AvgIpc) is 3.23. The van der Waals surface area contributed by atoms with Crippen LogP contribution in [0.2, 0.25) is 0 Å². The van der Waals surface area contributed by atoms with Crippen molar-refractivity contribution in [2.24, 2.45) is 4.99 Å². The third-order valence-corrected chi connectivity index (χ3v) is 6.32. The lowest BCUT2D eigenvalue weighted by Crippen LogP contribution is -2.33. The number of benzene rings is 3. The fraction of sp³-hybridized carbons (Fsp3) is 0.174. The van der Waals surface area contributed by atoms with E-state index >= 15 is 0 Å². The van der Waals surface area contributed by atoms with Gasteiger partial charge in [-0.1, -0.05) is 44.0 Å². The molecule has 0 aromatic heterocycles. The second-order valence-corrected chi connectivity index (χ2v) is 9.06. The predicted octanol–water partition coefficient (Wildman–Crippen LogP) is 5.87. The predicted molar refractivity (Wildman–Crippen MR) is 122 cm³/mol. The van der Waals surface area contributed by atoms with Crippen molar-refractivity contribution < 1.29 is 14.6 Å². The lowest BCUT2D eigenvalue weighted by Gasteiger charge is -2.31. The number of aromatic hydroxyl groups is 1. The van der Waals surface area contributed by atoms with Crippen LogP contribution < -0.4 is 14.8 Å². The molecular formula is C23H18Br2N2O3. The molecule has 2 N–H and O–H groups in total. The van der Waals surface area contributed by atoms with Gasteiger partial charge in [-0.25, -0.2) is 0 Å². The van der Waals surface area contributed by atoms with Crippen LogP contribution in [0.5, 0.6) is 17.2 Å². The number of nitrogens with zero attached hydrogens (tertiary/aromatic N) is 1. The van der Waals surface area contributed by atoms with Crippen LogP contribution in [0.15, 0.2) is 74.6 Å². The van der Waals surface area contributed by atoms with Crippen LogP contribution in [0.4, 0.5) is 0 Å². The maximum atomic E-state index is 10.5. The van der Waals surface area contributed by atoms with Crippen molar-refractivity contribution in [2.75, 3.05) is 6.79 Å². The minimum Gasteiger partial charge on any atom is -0.508 e. The summed E-state index contributed by atoms with van der Waals surface area (Å²) < 4.78 is 12.9. The third-order valence-electron chi connectivity index (χ3n) is 5.30. The number of hydrogen-bond donors (Lipinski definition) is 2. The first-order valence-corrected chi connectivity index (χ1v) is 11.1. The molecule has 0 fully saturated rings.